The van der Waals surface area contributed by atoms with E-state index in [1.54, 1.807) is 30.3 Å². The third kappa shape index (κ3) is 7.51. The van der Waals surface area contributed by atoms with Gasteiger partial charge in [-0.3, -0.25) is 0 Å². The van der Waals surface area contributed by atoms with Crippen LogP contribution < -0.4 is 15.5 Å². The van der Waals surface area contributed by atoms with Crippen LogP contribution in [0.4, 0.5) is 16.2 Å². The second kappa shape index (κ2) is 15.0. The molecule has 2 aromatic carbocycles. The molecule has 2 amide bonds. The summed E-state index contributed by atoms with van der Waals surface area (Å²) in [7, 11) is -0.0515. The van der Waals surface area contributed by atoms with Crippen molar-refractivity contribution in [2.24, 2.45) is 5.41 Å². The first kappa shape index (κ1) is 36.1. The van der Waals surface area contributed by atoms with Crippen molar-refractivity contribution in [3.63, 3.8) is 0 Å². The number of benzene rings is 2. The lowest BCUT2D eigenvalue weighted by atomic mass is 9.68. The van der Waals surface area contributed by atoms with E-state index in [1.807, 2.05) is 45.0 Å². The van der Waals surface area contributed by atoms with Crippen LogP contribution >= 0.6 is 0 Å². The summed E-state index contributed by atoms with van der Waals surface area (Å²) in [6.45, 7) is 3.46. The number of anilines is 2. The van der Waals surface area contributed by atoms with Gasteiger partial charge in [-0.05, 0) is 54.3 Å². The maximum atomic E-state index is 14.1. The van der Waals surface area contributed by atoms with E-state index in [0.29, 0.717) is 29.7 Å². The molecule has 0 saturated carbocycles. The number of carbonyl (C=O) groups is 1. The quantitative estimate of drug-likeness (QED) is 0.188. The predicted octanol–water partition coefficient (Wildman–Crippen LogP) is 2.32. The molecule has 2 aliphatic rings. The molecule has 46 heavy (non-hydrogen) atoms. The largest absolute Gasteiger partial charge is 0.394 e. The average molecular weight is 664 g/mol. The van der Waals surface area contributed by atoms with Crippen molar-refractivity contribution in [1.29, 1.82) is 0 Å². The smallest absolute Gasteiger partial charge is 0.321 e. The number of fused-ring (bicyclic) bond motifs is 1. The van der Waals surface area contributed by atoms with Crippen molar-refractivity contribution in [2.45, 2.75) is 99.9 Å². The number of nitrogens with one attached hydrogen (secondary N) is 2. The predicted molar refractivity (Wildman–Crippen MR) is 175 cm³/mol. The molecule has 12 nitrogen and oxygen atoms in total. The van der Waals surface area contributed by atoms with E-state index in [4.69, 9.17) is 4.74 Å². The number of ether oxygens (including phenoxy) is 1. The normalized spacial score (nSPS) is 28.5. The Bertz CT molecular complexity index is 1440. The minimum atomic E-state index is -3.78. The molecule has 0 bridgehead atoms. The summed E-state index contributed by atoms with van der Waals surface area (Å²) >= 11 is 0. The number of hydrogen-bond donors (Lipinski definition) is 7. The summed E-state index contributed by atoms with van der Waals surface area (Å²) in [6, 6.07) is 11.3. The van der Waals surface area contributed by atoms with Gasteiger partial charge in [0.05, 0.1) is 23.4 Å². The molecule has 2 aromatic rings. The zero-order valence-electron chi connectivity index (χ0n) is 27.0. The monoisotopic (exact) mass is 663 g/mol. The van der Waals surface area contributed by atoms with Crippen molar-refractivity contribution in [3.8, 4) is 0 Å². The molecule has 0 aromatic heterocycles. The maximum Gasteiger partial charge on any atom is 0.321 e. The number of amides is 2. The molecule has 256 valence electrons. The van der Waals surface area contributed by atoms with Crippen LogP contribution in [0.3, 0.4) is 0 Å². The van der Waals surface area contributed by atoms with Gasteiger partial charge in [0.1, 0.15) is 24.4 Å². The van der Waals surface area contributed by atoms with Gasteiger partial charge in [0.25, 0.3) is 0 Å². The fourth-order valence-corrected chi connectivity index (χ4v) is 8.91. The summed E-state index contributed by atoms with van der Waals surface area (Å²) in [5, 5.41) is 57.4. The Balaban J connectivity index is 1.74. The number of urea groups is 1. The van der Waals surface area contributed by atoms with E-state index in [0.717, 1.165) is 31.4 Å². The lowest BCUT2D eigenvalue weighted by molar-refractivity contribution is -0.233. The van der Waals surface area contributed by atoms with Gasteiger partial charge in [-0.25, -0.2) is 13.2 Å². The van der Waals surface area contributed by atoms with Crippen LogP contribution in [0, 0.1) is 5.41 Å². The molecular weight excluding hydrogens is 614 g/mol. The third-order valence-corrected chi connectivity index (χ3v) is 11.3. The number of unbranched alkanes of at least 4 members (excludes halogenated alkanes) is 2. The molecule has 4 rings (SSSR count). The van der Waals surface area contributed by atoms with Crippen LogP contribution in [-0.4, -0.2) is 103 Å². The minimum absolute atomic E-state index is 0.161. The highest BCUT2D eigenvalue weighted by Gasteiger charge is 2.50. The second-order valence-electron chi connectivity index (χ2n) is 12.8. The molecule has 7 atom stereocenters. The van der Waals surface area contributed by atoms with Crippen molar-refractivity contribution in [1.82, 2.24) is 5.32 Å². The van der Waals surface area contributed by atoms with Gasteiger partial charge >= 0.3 is 6.03 Å². The zero-order chi connectivity index (χ0) is 33.8. The first-order valence-electron chi connectivity index (χ1n) is 16.0. The summed E-state index contributed by atoms with van der Waals surface area (Å²) < 4.78 is 33.6. The Kier molecular flexibility index (Phi) is 11.7. The fourth-order valence-electron chi connectivity index (χ4n) is 6.72. The van der Waals surface area contributed by atoms with E-state index in [1.165, 1.54) is 0 Å². The summed E-state index contributed by atoms with van der Waals surface area (Å²) in [5.41, 5.74) is 1.34. The van der Waals surface area contributed by atoms with Crippen molar-refractivity contribution in [3.05, 3.63) is 53.6 Å². The van der Waals surface area contributed by atoms with Crippen LogP contribution in [0.15, 0.2) is 47.4 Å². The van der Waals surface area contributed by atoms with Crippen LogP contribution in [0.25, 0.3) is 0 Å². The number of rotatable bonds is 11. The van der Waals surface area contributed by atoms with Crippen LogP contribution in [0.1, 0.15) is 69.4 Å². The van der Waals surface area contributed by atoms with Gasteiger partial charge < -0.3 is 45.8 Å². The van der Waals surface area contributed by atoms with Crippen LogP contribution in [0.2, 0.25) is 0 Å². The molecular formula is C33H49N3O9S. The lowest BCUT2D eigenvalue weighted by Crippen LogP contribution is -2.63. The van der Waals surface area contributed by atoms with Crippen molar-refractivity contribution < 1.29 is 43.5 Å². The molecule has 0 radical (unpaired) electrons. The maximum absolute atomic E-state index is 14.1. The molecule has 13 heteroatoms. The summed E-state index contributed by atoms with van der Waals surface area (Å²) in [4.78, 5) is 15.1. The first-order valence-corrected chi connectivity index (χ1v) is 17.6. The van der Waals surface area contributed by atoms with Gasteiger partial charge in [-0.2, -0.15) is 0 Å². The third-order valence-electron chi connectivity index (χ3n) is 9.33. The highest BCUT2D eigenvalue weighted by Crippen LogP contribution is 2.50. The van der Waals surface area contributed by atoms with E-state index in [2.05, 4.69) is 10.6 Å². The standard InChI is InChI=1S/C33H49N3O9S/c1-5-7-14-33(15-8-6-2)19-46(43,44)25-13-12-22(36(3)4)17-23(25)26(30(33)41)20-10-9-11-21(16-20)34-32(42)35-31-29(40)28(39)27(38)24(18-37)45-31/h9-13,16-17,24,26-31,37-41H,5-8,14-15,18-19H2,1-4H3,(H2,34,35,42)/t24-,26-,27-,28+,29-,30-,31?/m1/s1. The van der Waals surface area contributed by atoms with Gasteiger partial charge in [0, 0.05) is 36.8 Å². The summed E-state index contributed by atoms with van der Waals surface area (Å²) in [5.74, 6) is -0.887. The number of sulfone groups is 1. The SMILES string of the molecule is CCCCC1(CCCC)CS(=O)(=O)c2ccc(N(C)C)cc2[C@@H](c2cccc(NC(=O)NC3O[C@H](CO)[C@@H](O)[C@H](O)[C@H]3O)c2)[C@H]1O. The molecule has 1 fully saturated rings. The molecule has 7 N–H and O–H groups in total. The highest BCUT2D eigenvalue weighted by molar-refractivity contribution is 7.91. The van der Waals surface area contributed by atoms with Crippen molar-refractivity contribution >= 4 is 27.2 Å². The Morgan fingerprint density at radius 1 is 0.978 bits per heavy atom. The van der Waals surface area contributed by atoms with Crippen LogP contribution in [0.5, 0.6) is 0 Å². The van der Waals surface area contributed by atoms with Gasteiger partial charge in [-0.1, -0.05) is 51.7 Å². The second-order valence-corrected chi connectivity index (χ2v) is 14.8. The molecule has 0 aliphatic carbocycles. The Labute approximate surface area is 271 Å². The van der Waals surface area contributed by atoms with Gasteiger partial charge in [-0.15, -0.1) is 0 Å². The minimum Gasteiger partial charge on any atom is -0.394 e. The summed E-state index contributed by atoms with van der Waals surface area (Å²) in [6.07, 6.45) is -4.18. The van der Waals surface area contributed by atoms with E-state index < -0.39 is 70.6 Å². The highest BCUT2D eigenvalue weighted by atomic mass is 32.2. The Morgan fingerprint density at radius 2 is 1.65 bits per heavy atom. The average Bonchev–Trinajstić information content (AvgIpc) is 3.09. The molecule has 2 heterocycles. The fraction of sp³-hybridized carbons (Fsp3) is 0.606. The van der Waals surface area contributed by atoms with Gasteiger partial charge in [0.15, 0.2) is 16.1 Å². The molecule has 1 unspecified atom stereocenters. The first-order chi connectivity index (χ1) is 21.8. The molecule has 2 aliphatic heterocycles. The molecule has 1 saturated heterocycles. The van der Waals surface area contributed by atoms with Gasteiger partial charge in [0.2, 0.25) is 0 Å². The Hall–Kier alpha value is -2.78. The number of aliphatic hydroxyl groups excluding tert-OH is 5. The van der Waals surface area contributed by atoms with E-state index in [-0.39, 0.29) is 10.6 Å². The topological polar surface area (TPSA) is 189 Å². The van der Waals surface area contributed by atoms with E-state index >= 15 is 0 Å². The molecule has 0 spiro atoms. The van der Waals surface area contributed by atoms with E-state index in [9.17, 15) is 38.7 Å². The number of aliphatic hydroxyl groups is 5. The number of carbonyl (C=O) groups excluding carboxylic acids is 1. The number of hydrogen-bond acceptors (Lipinski definition) is 10. The Morgan fingerprint density at radius 3 is 2.26 bits per heavy atom. The van der Waals surface area contributed by atoms with Crippen LogP contribution in [-0.2, 0) is 14.6 Å². The zero-order valence-corrected chi connectivity index (χ0v) is 27.8. The van der Waals surface area contributed by atoms with Crippen molar-refractivity contribution in [2.75, 3.05) is 36.7 Å². The lowest BCUT2D eigenvalue weighted by Gasteiger charge is -2.40. The number of nitrogens with zero attached hydrogens (tertiary/aromatic N) is 1.